The number of aryl methyl sites for hydroxylation is 1. The minimum Gasteiger partial charge on any atom is -0.488 e. The van der Waals surface area contributed by atoms with Gasteiger partial charge in [0.1, 0.15) is 18.1 Å². The molecule has 0 aliphatic heterocycles. The van der Waals surface area contributed by atoms with Crippen LogP contribution < -0.4 is 9.47 Å². The van der Waals surface area contributed by atoms with E-state index in [1.54, 1.807) is 13.0 Å². The Hall–Kier alpha value is -1.81. The summed E-state index contributed by atoms with van der Waals surface area (Å²) < 4.78 is 12.0. The van der Waals surface area contributed by atoms with E-state index in [9.17, 15) is 4.79 Å². The quantitative estimate of drug-likeness (QED) is 0.582. The number of benzene rings is 2. The Morgan fingerprint density at radius 1 is 1.14 bits per heavy atom. The maximum Gasteiger partial charge on any atom is 0.310 e. The maximum absolute atomic E-state index is 11.4. The highest BCUT2D eigenvalue weighted by atomic mass is 79.9. The minimum absolute atomic E-state index is 0.251. The second-order valence-electron chi connectivity index (χ2n) is 4.66. The van der Waals surface area contributed by atoms with Crippen LogP contribution in [0.3, 0.4) is 0 Å². The molecule has 0 aliphatic carbocycles. The first-order valence-corrected chi connectivity index (χ1v) is 7.57. The lowest BCUT2D eigenvalue weighted by atomic mass is 10.2. The van der Waals surface area contributed by atoms with Gasteiger partial charge in [-0.05, 0) is 46.6 Å². The van der Waals surface area contributed by atoms with Crippen molar-refractivity contribution in [2.24, 2.45) is 0 Å². The lowest BCUT2D eigenvalue weighted by molar-refractivity contribution is -0.134. The molecule has 2 aromatic rings. The molecule has 2 aromatic carbocycles. The number of carbonyl (C=O) groups is 1. The van der Waals surface area contributed by atoms with E-state index >= 15 is 0 Å². The number of rotatable bonds is 5. The van der Waals surface area contributed by atoms with E-state index in [0.717, 1.165) is 21.3 Å². The van der Waals surface area contributed by atoms with E-state index in [1.807, 2.05) is 43.3 Å². The van der Waals surface area contributed by atoms with Crippen LogP contribution in [0.2, 0.25) is 0 Å². The molecule has 3 nitrogen and oxygen atoms in total. The van der Waals surface area contributed by atoms with Crippen molar-refractivity contribution in [3.63, 3.8) is 0 Å². The topological polar surface area (TPSA) is 35.5 Å². The summed E-state index contributed by atoms with van der Waals surface area (Å²) in [6.07, 6.45) is 0.346. The molecule has 21 heavy (non-hydrogen) atoms. The summed E-state index contributed by atoms with van der Waals surface area (Å²) in [6.45, 7) is 4.13. The lowest BCUT2D eigenvalue weighted by Crippen LogP contribution is -2.08. The van der Waals surface area contributed by atoms with Crippen LogP contribution in [-0.2, 0) is 11.4 Å². The van der Waals surface area contributed by atoms with Crippen LogP contribution in [0.5, 0.6) is 11.5 Å². The van der Waals surface area contributed by atoms with Crippen molar-refractivity contribution in [1.82, 2.24) is 0 Å². The second-order valence-corrected chi connectivity index (χ2v) is 5.51. The third-order valence-electron chi connectivity index (χ3n) is 2.96. The third kappa shape index (κ3) is 4.33. The Morgan fingerprint density at radius 2 is 1.90 bits per heavy atom. The van der Waals surface area contributed by atoms with Gasteiger partial charge in [0.2, 0.25) is 0 Å². The van der Waals surface area contributed by atoms with Gasteiger partial charge in [0.25, 0.3) is 0 Å². The molecule has 0 saturated heterocycles. The summed E-state index contributed by atoms with van der Waals surface area (Å²) >= 11 is 3.48. The zero-order valence-electron chi connectivity index (χ0n) is 12.1. The molecule has 0 fully saturated rings. The van der Waals surface area contributed by atoms with E-state index in [-0.39, 0.29) is 5.97 Å². The summed E-state index contributed by atoms with van der Waals surface area (Å²) in [4.78, 5) is 11.4. The van der Waals surface area contributed by atoms with E-state index in [2.05, 4.69) is 15.9 Å². The van der Waals surface area contributed by atoms with Gasteiger partial charge in [-0.2, -0.15) is 0 Å². The van der Waals surface area contributed by atoms with Crippen molar-refractivity contribution in [3.05, 3.63) is 58.1 Å². The zero-order chi connectivity index (χ0) is 15.2. The van der Waals surface area contributed by atoms with E-state index in [0.29, 0.717) is 18.8 Å². The summed E-state index contributed by atoms with van der Waals surface area (Å²) in [5.41, 5.74) is 2.00. The maximum atomic E-state index is 11.4. The van der Waals surface area contributed by atoms with Crippen LogP contribution >= 0.6 is 15.9 Å². The predicted octanol–water partition coefficient (Wildman–Crippen LogP) is 4.65. The van der Waals surface area contributed by atoms with Crippen LogP contribution in [-0.4, -0.2) is 5.97 Å². The number of esters is 1. The van der Waals surface area contributed by atoms with Crippen molar-refractivity contribution in [2.75, 3.05) is 0 Å². The van der Waals surface area contributed by atoms with Gasteiger partial charge in [-0.15, -0.1) is 0 Å². The van der Waals surface area contributed by atoms with Crippen LogP contribution in [0.4, 0.5) is 0 Å². The first-order valence-electron chi connectivity index (χ1n) is 6.77. The Bertz CT molecular complexity index is 638. The largest absolute Gasteiger partial charge is 0.488 e. The van der Waals surface area contributed by atoms with Crippen LogP contribution in [0.25, 0.3) is 0 Å². The lowest BCUT2D eigenvalue weighted by Gasteiger charge is -2.12. The first-order chi connectivity index (χ1) is 10.1. The van der Waals surface area contributed by atoms with E-state index in [4.69, 9.17) is 9.47 Å². The molecule has 0 aliphatic rings. The molecule has 0 saturated carbocycles. The summed E-state index contributed by atoms with van der Waals surface area (Å²) in [6, 6.07) is 13.3. The summed E-state index contributed by atoms with van der Waals surface area (Å²) in [5.74, 6) is 1.06. The number of ether oxygens (including phenoxy) is 2. The molecule has 0 unspecified atom stereocenters. The highest BCUT2D eigenvalue weighted by Gasteiger charge is 2.09. The Kier molecular flexibility index (Phi) is 5.39. The zero-order valence-corrected chi connectivity index (χ0v) is 13.6. The molecule has 0 N–H and O–H groups in total. The fraction of sp³-hybridized carbons (Fsp3) is 0.235. The molecule has 0 atom stereocenters. The molecular formula is C17H17BrO3. The van der Waals surface area contributed by atoms with Gasteiger partial charge in [-0.1, -0.05) is 31.2 Å². The van der Waals surface area contributed by atoms with Crippen molar-refractivity contribution in [3.8, 4) is 11.5 Å². The molecule has 4 heteroatoms. The molecule has 0 bridgehead atoms. The van der Waals surface area contributed by atoms with Crippen LogP contribution in [0.1, 0.15) is 24.5 Å². The average molecular weight is 349 g/mol. The van der Waals surface area contributed by atoms with Crippen molar-refractivity contribution in [2.45, 2.75) is 26.9 Å². The molecule has 0 heterocycles. The molecule has 0 radical (unpaired) electrons. The Labute approximate surface area is 133 Å². The summed E-state index contributed by atoms with van der Waals surface area (Å²) in [7, 11) is 0. The van der Waals surface area contributed by atoms with E-state index in [1.165, 1.54) is 0 Å². The number of carbonyl (C=O) groups excluding carboxylic acids is 1. The normalized spacial score (nSPS) is 10.2. The smallest absolute Gasteiger partial charge is 0.310 e. The highest BCUT2D eigenvalue weighted by Crippen LogP contribution is 2.28. The molecule has 0 amide bonds. The predicted molar refractivity (Wildman–Crippen MR) is 85.6 cm³/mol. The highest BCUT2D eigenvalue weighted by molar-refractivity contribution is 9.10. The van der Waals surface area contributed by atoms with Crippen LogP contribution in [0, 0.1) is 6.92 Å². The van der Waals surface area contributed by atoms with Gasteiger partial charge < -0.3 is 9.47 Å². The van der Waals surface area contributed by atoms with Gasteiger partial charge in [0.15, 0.2) is 0 Å². The molecular weight excluding hydrogens is 332 g/mol. The molecule has 0 spiro atoms. The fourth-order valence-corrected chi connectivity index (χ4v) is 2.40. The monoisotopic (exact) mass is 348 g/mol. The number of para-hydroxylation sites is 1. The van der Waals surface area contributed by atoms with Crippen molar-refractivity contribution >= 4 is 21.9 Å². The fourth-order valence-electron chi connectivity index (χ4n) is 1.80. The van der Waals surface area contributed by atoms with Gasteiger partial charge in [0.05, 0.1) is 4.47 Å². The molecule has 110 valence electrons. The van der Waals surface area contributed by atoms with Gasteiger partial charge >= 0.3 is 5.97 Å². The van der Waals surface area contributed by atoms with Crippen LogP contribution in [0.15, 0.2) is 46.9 Å². The second kappa shape index (κ2) is 7.27. The third-order valence-corrected chi connectivity index (χ3v) is 3.58. The molecule has 0 aromatic heterocycles. The standard InChI is InChI=1S/C17H17BrO3/c1-3-17(19)21-15-7-5-4-6-13(15)11-20-16-9-8-12(2)10-14(16)18/h4-10H,3,11H2,1-2H3. The van der Waals surface area contributed by atoms with Gasteiger partial charge in [-0.25, -0.2) is 0 Å². The first kappa shape index (κ1) is 15.6. The number of halogens is 1. The number of hydrogen-bond acceptors (Lipinski definition) is 3. The Balaban J connectivity index is 2.11. The minimum atomic E-state index is -0.251. The van der Waals surface area contributed by atoms with Gasteiger partial charge in [0, 0.05) is 12.0 Å². The average Bonchev–Trinajstić information content (AvgIpc) is 2.47. The van der Waals surface area contributed by atoms with Crippen molar-refractivity contribution in [1.29, 1.82) is 0 Å². The number of hydrogen-bond donors (Lipinski definition) is 0. The van der Waals surface area contributed by atoms with E-state index < -0.39 is 0 Å². The SMILES string of the molecule is CCC(=O)Oc1ccccc1COc1ccc(C)cc1Br. The Morgan fingerprint density at radius 3 is 2.62 bits per heavy atom. The molecule has 2 rings (SSSR count). The van der Waals surface area contributed by atoms with Gasteiger partial charge in [-0.3, -0.25) is 4.79 Å². The van der Waals surface area contributed by atoms with Crippen molar-refractivity contribution < 1.29 is 14.3 Å². The summed E-state index contributed by atoms with van der Waals surface area (Å²) in [5, 5.41) is 0.